The summed E-state index contributed by atoms with van der Waals surface area (Å²) >= 11 is 0. The number of rotatable bonds is 39. The summed E-state index contributed by atoms with van der Waals surface area (Å²) in [5.74, 6) is -0.561. The molecule has 9 N–H and O–H groups in total. The maximum Gasteiger partial charge on any atom is 0.472 e. The van der Waals surface area contributed by atoms with Gasteiger partial charge in [0.25, 0.3) is 0 Å². The number of carbonyl (C=O) groups is 1. The summed E-state index contributed by atoms with van der Waals surface area (Å²) in [5, 5.41) is 74.4. The van der Waals surface area contributed by atoms with Crippen molar-refractivity contribution in [3.63, 3.8) is 0 Å². The van der Waals surface area contributed by atoms with Crippen molar-refractivity contribution in [3.8, 4) is 0 Å². The van der Waals surface area contributed by atoms with E-state index in [0.29, 0.717) is 12.8 Å². The minimum atomic E-state index is -5.11. The molecular formula is C44H88NO12P. The molecule has 1 aliphatic carbocycles. The Hall–Kier alpha value is -0.700. The smallest absolute Gasteiger partial charge is 0.393 e. The number of amides is 1. The van der Waals surface area contributed by atoms with Crippen LogP contribution in [-0.4, -0.2) is 108 Å². The molecule has 8 unspecified atom stereocenters. The lowest BCUT2D eigenvalue weighted by molar-refractivity contribution is -0.220. The van der Waals surface area contributed by atoms with Gasteiger partial charge in [-0.3, -0.25) is 13.8 Å². The van der Waals surface area contributed by atoms with Crippen molar-refractivity contribution in [2.45, 2.75) is 268 Å². The van der Waals surface area contributed by atoms with Gasteiger partial charge in [-0.2, -0.15) is 0 Å². The van der Waals surface area contributed by atoms with Crippen LogP contribution in [0.1, 0.15) is 213 Å². The minimum Gasteiger partial charge on any atom is -0.393 e. The molecule has 1 saturated carbocycles. The fraction of sp³-hybridized carbons (Fsp3) is 0.977. The summed E-state index contributed by atoms with van der Waals surface area (Å²) in [5.41, 5.74) is 0. The summed E-state index contributed by atoms with van der Waals surface area (Å²) in [6, 6.07) is -1.15. The molecule has 0 heterocycles. The molecule has 8 atom stereocenters. The third kappa shape index (κ3) is 26.6. The molecular weight excluding hydrogens is 765 g/mol. The Kier molecular flexibility index (Phi) is 33.2. The Morgan fingerprint density at radius 1 is 0.534 bits per heavy atom. The Bertz CT molecular complexity index is 1010. The Morgan fingerprint density at radius 3 is 1.24 bits per heavy atom. The van der Waals surface area contributed by atoms with Gasteiger partial charge in [-0.25, -0.2) is 4.57 Å². The third-order valence-corrected chi connectivity index (χ3v) is 12.7. The fourth-order valence-electron chi connectivity index (χ4n) is 7.83. The zero-order valence-electron chi connectivity index (χ0n) is 36.5. The highest BCUT2D eigenvalue weighted by atomic mass is 31.2. The van der Waals surface area contributed by atoms with E-state index in [4.69, 9.17) is 9.05 Å². The Balaban J connectivity index is 2.43. The van der Waals surface area contributed by atoms with E-state index in [-0.39, 0.29) is 12.8 Å². The van der Waals surface area contributed by atoms with Crippen LogP contribution in [0, 0.1) is 0 Å². The van der Waals surface area contributed by atoms with E-state index < -0.39 is 75.2 Å². The predicted octanol–water partition coefficient (Wildman–Crippen LogP) is 7.65. The molecule has 13 nitrogen and oxygen atoms in total. The molecule has 0 saturated heterocycles. The first-order chi connectivity index (χ1) is 27.8. The van der Waals surface area contributed by atoms with E-state index >= 15 is 0 Å². The molecule has 14 heteroatoms. The van der Waals surface area contributed by atoms with Crippen molar-refractivity contribution in [3.05, 3.63) is 0 Å². The highest BCUT2D eigenvalue weighted by Crippen LogP contribution is 2.47. The average Bonchev–Trinajstić information content (AvgIpc) is 3.19. The average molecular weight is 854 g/mol. The van der Waals surface area contributed by atoms with Crippen LogP contribution in [0.3, 0.4) is 0 Å². The topological polar surface area (TPSA) is 226 Å². The van der Waals surface area contributed by atoms with Crippen molar-refractivity contribution in [2.75, 3.05) is 6.61 Å². The van der Waals surface area contributed by atoms with Gasteiger partial charge in [-0.15, -0.1) is 0 Å². The monoisotopic (exact) mass is 854 g/mol. The van der Waals surface area contributed by atoms with Gasteiger partial charge in [0.05, 0.1) is 31.3 Å². The molecule has 0 bridgehead atoms. The van der Waals surface area contributed by atoms with Crippen molar-refractivity contribution in [1.29, 1.82) is 0 Å². The largest absolute Gasteiger partial charge is 0.472 e. The van der Waals surface area contributed by atoms with Crippen LogP contribution >= 0.6 is 7.82 Å². The first-order valence-electron chi connectivity index (χ1n) is 23.6. The van der Waals surface area contributed by atoms with Crippen LogP contribution in [0.25, 0.3) is 0 Å². The highest BCUT2D eigenvalue weighted by molar-refractivity contribution is 7.47. The number of carbonyl (C=O) groups excluding carboxylic acids is 1. The molecule has 58 heavy (non-hydrogen) atoms. The van der Waals surface area contributed by atoms with Gasteiger partial charge in [-0.1, -0.05) is 194 Å². The number of phosphoric ester groups is 1. The third-order valence-electron chi connectivity index (χ3n) is 11.7. The number of unbranched alkanes of at least 4 members (excludes halogenated alkanes) is 26. The molecule has 1 aliphatic rings. The summed E-state index contributed by atoms with van der Waals surface area (Å²) in [7, 11) is -5.11. The molecule has 0 aromatic carbocycles. The van der Waals surface area contributed by atoms with E-state index in [1.165, 1.54) is 122 Å². The van der Waals surface area contributed by atoms with Gasteiger partial charge in [-0.05, 0) is 12.8 Å². The normalized spacial score (nSPS) is 23.7. The van der Waals surface area contributed by atoms with Gasteiger partial charge >= 0.3 is 7.82 Å². The predicted molar refractivity (Wildman–Crippen MR) is 229 cm³/mol. The van der Waals surface area contributed by atoms with E-state index in [1.54, 1.807) is 0 Å². The summed E-state index contributed by atoms with van der Waals surface area (Å²) < 4.78 is 22.9. The van der Waals surface area contributed by atoms with Gasteiger partial charge < -0.3 is 46.0 Å². The second-order valence-corrected chi connectivity index (χ2v) is 18.6. The zero-order chi connectivity index (χ0) is 43.0. The number of nitrogens with one attached hydrogen (secondary N) is 1. The van der Waals surface area contributed by atoms with Crippen LogP contribution in [0.5, 0.6) is 0 Å². The number of aliphatic hydroxyl groups is 7. The standard InChI is InChI=1S/C44H88NO12P/c1-3-5-7-9-11-12-13-14-15-16-17-18-19-20-21-22-23-24-26-28-30-32-37(47)36(45-38(48)33-35(46)31-29-27-25-10-8-6-4-2)34-56-58(54,55)57-44-42(52)40(50)39(49)41(51)43(44)53/h35-37,39-44,46-47,49-53H,3-34H2,1-2H3,(H,45,48)(H,54,55). The quantitative estimate of drug-likeness (QED) is 0.0215. The molecule has 1 fully saturated rings. The number of hydrogen-bond donors (Lipinski definition) is 9. The molecule has 0 spiro atoms. The van der Waals surface area contributed by atoms with E-state index in [0.717, 1.165) is 51.4 Å². The van der Waals surface area contributed by atoms with Crippen molar-refractivity contribution in [1.82, 2.24) is 5.32 Å². The lowest BCUT2D eigenvalue weighted by Gasteiger charge is -2.41. The fourth-order valence-corrected chi connectivity index (χ4v) is 8.80. The lowest BCUT2D eigenvalue weighted by atomic mass is 9.85. The maximum absolute atomic E-state index is 12.9. The van der Waals surface area contributed by atoms with Crippen LogP contribution in [0.15, 0.2) is 0 Å². The van der Waals surface area contributed by atoms with Crippen LogP contribution in [-0.2, 0) is 18.4 Å². The summed E-state index contributed by atoms with van der Waals surface area (Å²) in [6.45, 7) is 3.75. The van der Waals surface area contributed by atoms with Gasteiger partial charge in [0.1, 0.15) is 36.6 Å². The minimum absolute atomic E-state index is 0.218. The molecule has 0 aromatic heterocycles. The first kappa shape index (κ1) is 55.3. The maximum atomic E-state index is 12.9. The molecule has 1 rings (SSSR count). The van der Waals surface area contributed by atoms with E-state index in [9.17, 15) is 50.0 Å². The first-order valence-corrected chi connectivity index (χ1v) is 25.1. The highest BCUT2D eigenvalue weighted by Gasteiger charge is 2.51. The molecule has 1 amide bonds. The summed E-state index contributed by atoms with van der Waals surface area (Å²) in [4.78, 5) is 23.3. The van der Waals surface area contributed by atoms with Gasteiger partial charge in [0.2, 0.25) is 5.91 Å². The van der Waals surface area contributed by atoms with Crippen molar-refractivity contribution in [2.24, 2.45) is 0 Å². The second-order valence-electron chi connectivity index (χ2n) is 17.2. The molecule has 346 valence electrons. The molecule has 0 aromatic rings. The van der Waals surface area contributed by atoms with Crippen molar-refractivity contribution < 1.29 is 59.0 Å². The number of hydrogen-bond acceptors (Lipinski definition) is 11. The van der Waals surface area contributed by atoms with Crippen LogP contribution in [0.4, 0.5) is 0 Å². The SMILES string of the molecule is CCCCCCCCCCCCCCCCCCCCCCCC(O)C(COP(=O)(O)OC1C(O)C(O)C(O)C(O)C1O)NC(=O)CC(O)CCCCCCCCC. The van der Waals surface area contributed by atoms with Crippen molar-refractivity contribution >= 4 is 13.7 Å². The molecule has 0 aliphatic heterocycles. The van der Waals surface area contributed by atoms with E-state index in [1.807, 2.05) is 0 Å². The Morgan fingerprint density at radius 2 is 0.862 bits per heavy atom. The van der Waals surface area contributed by atoms with Gasteiger partial charge in [0, 0.05) is 0 Å². The Labute approximate surface area is 351 Å². The lowest BCUT2D eigenvalue weighted by Crippen LogP contribution is -2.64. The number of phosphoric acid groups is 1. The zero-order valence-corrected chi connectivity index (χ0v) is 37.4. The summed E-state index contributed by atoms with van der Waals surface area (Å²) in [6.07, 6.45) is 20.4. The van der Waals surface area contributed by atoms with Gasteiger partial charge in [0.15, 0.2) is 0 Å². The van der Waals surface area contributed by atoms with E-state index in [2.05, 4.69) is 19.2 Å². The van der Waals surface area contributed by atoms with Crippen LogP contribution in [0.2, 0.25) is 0 Å². The number of aliphatic hydroxyl groups excluding tert-OH is 7. The molecule has 0 radical (unpaired) electrons. The van der Waals surface area contributed by atoms with Crippen LogP contribution < -0.4 is 5.32 Å². The second kappa shape index (κ2) is 34.8.